The van der Waals surface area contributed by atoms with Crippen molar-refractivity contribution in [3.05, 3.63) is 21.9 Å². The minimum absolute atomic E-state index is 0.0444. The van der Waals surface area contributed by atoms with Crippen molar-refractivity contribution in [2.45, 2.75) is 6.92 Å². The summed E-state index contributed by atoms with van der Waals surface area (Å²) in [4.78, 5) is 21.5. The molecule has 10 heavy (non-hydrogen) atoms. The number of rotatable bonds is 2. The third-order valence-corrected chi connectivity index (χ3v) is 2.17. The highest BCUT2D eigenvalue weighted by molar-refractivity contribution is 7.12. The Morgan fingerprint density at radius 2 is 2.40 bits per heavy atom. The fourth-order valence-corrected chi connectivity index (χ4v) is 1.47. The van der Waals surface area contributed by atoms with E-state index in [9.17, 15) is 9.59 Å². The number of carbonyl (C=O) groups is 2. The lowest BCUT2D eigenvalue weighted by Gasteiger charge is -1.86. The molecule has 1 rings (SSSR count). The van der Waals surface area contributed by atoms with Crippen LogP contribution >= 0.6 is 11.3 Å². The number of carbonyl (C=O) groups excluding carboxylic acids is 2. The summed E-state index contributed by atoms with van der Waals surface area (Å²) in [6, 6.07) is 1.65. The maximum atomic E-state index is 10.7. The fraction of sp³-hybridized carbons (Fsp3) is 0.143. The minimum atomic E-state index is -0.0444. The van der Waals surface area contributed by atoms with Gasteiger partial charge < -0.3 is 0 Å². The minimum Gasteiger partial charge on any atom is -0.298 e. The first kappa shape index (κ1) is 7.15. The Morgan fingerprint density at radius 3 is 2.80 bits per heavy atom. The normalized spacial score (nSPS) is 9.30. The van der Waals surface area contributed by atoms with Crippen LogP contribution in [0, 0.1) is 0 Å². The summed E-state index contributed by atoms with van der Waals surface area (Å²) in [5.41, 5.74) is 0.498. The van der Waals surface area contributed by atoms with Crippen LogP contribution in [-0.4, -0.2) is 12.1 Å². The van der Waals surface area contributed by atoms with E-state index in [4.69, 9.17) is 0 Å². The van der Waals surface area contributed by atoms with Gasteiger partial charge in [0.2, 0.25) is 0 Å². The molecule has 0 fully saturated rings. The summed E-state index contributed by atoms with van der Waals surface area (Å²) in [5.74, 6) is -0.0444. The van der Waals surface area contributed by atoms with Crippen LogP contribution in [0.4, 0.5) is 0 Å². The summed E-state index contributed by atoms with van der Waals surface area (Å²) >= 11 is 1.30. The first-order chi connectivity index (χ1) is 4.75. The summed E-state index contributed by atoms with van der Waals surface area (Å²) in [6.45, 7) is 1.46. The number of ketones is 1. The Morgan fingerprint density at radius 1 is 1.70 bits per heavy atom. The number of hydrogen-bond donors (Lipinski definition) is 0. The van der Waals surface area contributed by atoms with Gasteiger partial charge in [-0.1, -0.05) is 0 Å². The topological polar surface area (TPSA) is 34.1 Å². The number of aldehydes is 1. The van der Waals surface area contributed by atoms with Crippen molar-refractivity contribution in [1.82, 2.24) is 0 Å². The molecule has 1 heterocycles. The van der Waals surface area contributed by atoms with Crippen molar-refractivity contribution in [3.8, 4) is 0 Å². The molecule has 0 spiro atoms. The molecule has 52 valence electrons. The van der Waals surface area contributed by atoms with Gasteiger partial charge in [-0.15, -0.1) is 11.3 Å². The van der Waals surface area contributed by atoms with E-state index in [2.05, 4.69) is 0 Å². The van der Waals surface area contributed by atoms with Crippen molar-refractivity contribution < 1.29 is 9.59 Å². The smallest absolute Gasteiger partial charge is 0.170 e. The molecule has 0 aliphatic heterocycles. The Balaban J connectivity index is 3.13. The van der Waals surface area contributed by atoms with E-state index in [1.54, 1.807) is 11.4 Å². The third kappa shape index (κ3) is 1.14. The largest absolute Gasteiger partial charge is 0.298 e. The van der Waals surface area contributed by atoms with Crippen molar-refractivity contribution in [1.29, 1.82) is 0 Å². The van der Waals surface area contributed by atoms with Crippen LogP contribution in [0.5, 0.6) is 0 Å². The summed E-state index contributed by atoms with van der Waals surface area (Å²) in [7, 11) is 0. The Labute approximate surface area is 62.5 Å². The van der Waals surface area contributed by atoms with Crippen LogP contribution in [0.1, 0.15) is 27.0 Å². The maximum absolute atomic E-state index is 10.7. The molecule has 0 aliphatic carbocycles. The van der Waals surface area contributed by atoms with Crippen LogP contribution in [0.25, 0.3) is 0 Å². The van der Waals surface area contributed by atoms with Crippen LogP contribution < -0.4 is 0 Å². The van der Waals surface area contributed by atoms with Crippen molar-refractivity contribution in [2.24, 2.45) is 0 Å². The van der Waals surface area contributed by atoms with E-state index in [0.29, 0.717) is 16.7 Å². The molecule has 0 N–H and O–H groups in total. The standard InChI is InChI=1S/C7H6O2S/c1-5(9)7-6(4-8)2-3-10-7/h2-4H,1H3. The Bertz CT molecular complexity index is 262. The summed E-state index contributed by atoms with van der Waals surface area (Å²) in [5, 5.41) is 1.74. The van der Waals surface area contributed by atoms with Gasteiger partial charge in [-0.2, -0.15) is 0 Å². The Hall–Kier alpha value is -0.960. The van der Waals surface area contributed by atoms with E-state index >= 15 is 0 Å². The highest BCUT2D eigenvalue weighted by Crippen LogP contribution is 2.14. The molecular weight excluding hydrogens is 148 g/mol. The van der Waals surface area contributed by atoms with Gasteiger partial charge in [0.1, 0.15) is 0 Å². The van der Waals surface area contributed by atoms with E-state index in [1.807, 2.05) is 0 Å². The predicted molar refractivity (Wildman–Crippen MR) is 39.7 cm³/mol. The second kappa shape index (κ2) is 2.75. The molecule has 0 saturated carbocycles. The lowest BCUT2D eigenvalue weighted by atomic mass is 10.2. The second-order valence-electron chi connectivity index (χ2n) is 1.88. The number of Topliss-reactive ketones (excluding diaryl/α,β-unsaturated/α-hetero) is 1. The number of hydrogen-bond acceptors (Lipinski definition) is 3. The average Bonchev–Trinajstić information content (AvgIpc) is 2.33. The third-order valence-electron chi connectivity index (χ3n) is 1.14. The average molecular weight is 154 g/mol. The highest BCUT2D eigenvalue weighted by atomic mass is 32.1. The quantitative estimate of drug-likeness (QED) is 0.480. The lowest BCUT2D eigenvalue weighted by molar-refractivity contribution is 0.101. The molecule has 0 radical (unpaired) electrons. The molecule has 0 aromatic carbocycles. The van der Waals surface area contributed by atoms with Gasteiger partial charge in [0.05, 0.1) is 4.88 Å². The second-order valence-corrected chi connectivity index (χ2v) is 2.80. The molecule has 1 aromatic heterocycles. The highest BCUT2D eigenvalue weighted by Gasteiger charge is 2.06. The zero-order chi connectivity index (χ0) is 7.56. The molecule has 0 amide bonds. The zero-order valence-corrected chi connectivity index (χ0v) is 6.27. The summed E-state index contributed by atoms with van der Waals surface area (Å²) in [6.07, 6.45) is 0.702. The first-order valence-electron chi connectivity index (χ1n) is 2.79. The number of thiophene rings is 1. The fourth-order valence-electron chi connectivity index (χ4n) is 0.698. The molecule has 1 aromatic rings. The van der Waals surface area contributed by atoms with Crippen molar-refractivity contribution >= 4 is 23.4 Å². The van der Waals surface area contributed by atoms with Crippen molar-refractivity contribution in [2.75, 3.05) is 0 Å². The molecule has 3 heteroatoms. The van der Waals surface area contributed by atoms with Gasteiger partial charge in [-0.3, -0.25) is 9.59 Å². The molecule has 0 unspecified atom stereocenters. The van der Waals surface area contributed by atoms with Crippen LogP contribution in [-0.2, 0) is 0 Å². The molecule has 0 saturated heterocycles. The van der Waals surface area contributed by atoms with Gasteiger partial charge in [-0.05, 0) is 18.4 Å². The Kier molecular flexibility index (Phi) is 1.97. The first-order valence-corrected chi connectivity index (χ1v) is 3.67. The van der Waals surface area contributed by atoms with E-state index in [1.165, 1.54) is 18.3 Å². The monoisotopic (exact) mass is 154 g/mol. The van der Waals surface area contributed by atoms with Gasteiger partial charge in [0.15, 0.2) is 12.1 Å². The summed E-state index contributed by atoms with van der Waals surface area (Å²) < 4.78 is 0. The van der Waals surface area contributed by atoms with Crippen molar-refractivity contribution in [3.63, 3.8) is 0 Å². The van der Waals surface area contributed by atoms with Gasteiger partial charge >= 0.3 is 0 Å². The molecule has 0 bridgehead atoms. The molecular formula is C7H6O2S. The molecule has 0 atom stereocenters. The maximum Gasteiger partial charge on any atom is 0.170 e. The van der Waals surface area contributed by atoms with Gasteiger partial charge in [-0.25, -0.2) is 0 Å². The van der Waals surface area contributed by atoms with Crippen LogP contribution in [0.15, 0.2) is 11.4 Å². The SMILES string of the molecule is CC(=O)c1sccc1C=O. The van der Waals surface area contributed by atoms with Gasteiger partial charge in [0, 0.05) is 5.56 Å². The zero-order valence-electron chi connectivity index (χ0n) is 5.46. The van der Waals surface area contributed by atoms with Gasteiger partial charge in [0.25, 0.3) is 0 Å². The van der Waals surface area contributed by atoms with E-state index in [0.717, 1.165) is 0 Å². The molecule has 2 nitrogen and oxygen atoms in total. The predicted octanol–water partition coefficient (Wildman–Crippen LogP) is 1.76. The van der Waals surface area contributed by atoms with Crippen LogP contribution in [0.2, 0.25) is 0 Å². The van der Waals surface area contributed by atoms with Crippen LogP contribution in [0.3, 0.4) is 0 Å². The molecule has 0 aliphatic rings. The van der Waals surface area contributed by atoms with E-state index < -0.39 is 0 Å². The van der Waals surface area contributed by atoms with E-state index in [-0.39, 0.29) is 5.78 Å². The lowest BCUT2D eigenvalue weighted by Crippen LogP contribution is -1.91.